The first-order valence-electron chi connectivity index (χ1n) is 8.53. The molecule has 11 nitrogen and oxygen atoms in total. The van der Waals surface area contributed by atoms with Crippen LogP contribution in [-0.2, 0) is 47.7 Å². The summed E-state index contributed by atoms with van der Waals surface area (Å²) in [4.78, 5) is 56.8. The highest BCUT2D eigenvalue weighted by atomic mass is 16.6. The van der Waals surface area contributed by atoms with Crippen molar-refractivity contribution in [2.75, 3.05) is 6.61 Å². The molecule has 0 aromatic carbocycles. The fourth-order valence-electron chi connectivity index (χ4n) is 2.87. The summed E-state index contributed by atoms with van der Waals surface area (Å²) in [5.74, 6) is -4.03. The first-order chi connectivity index (χ1) is 13.0. The maximum Gasteiger partial charge on any atom is 0.306 e. The maximum absolute atomic E-state index is 11.6. The Morgan fingerprint density at radius 3 is 1.64 bits per heavy atom. The van der Waals surface area contributed by atoms with Gasteiger partial charge in [0.1, 0.15) is 12.2 Å². The molecule has 1 heterocycles. The third-order valence-corrected chi connectivity index (χ3v) is 3.72. The van der Waals surface area contributed by atoms with Crippen molar-refractivity contribution in [1.82, 2.24) is 0 Å². The standard InChI is InChI=1S/C17H24O11/c1-8(18)24-6-5-12-15(25-9(2)19)17(27-11(4)21)16(26-10(3)20)13(28-12)7-14(22)23/h12-13,15-17H,5-7H2,1-4H3,(H,22,23)/t12-,13-,15-,16-,17+/m1/s1. The van der Waals surface area contributed by atoms with Gasteiger partial charge in [0.25, 0.3) is 0 Å². The van der Waals surface area contributed by atoms with Crippen LogP contribution in [0.1, 0.15) is 40.5 Å². The number of rotatable bonds is 8. The van der Waals surface area contributed by atoms with E-state index in [1.54, 1.807) is 0 Å². The summed E-state index contributed by atoms with van der Waals surface area (Å²) in [6.07, 6.45) is -6.50. The predicted molar refractivity (Wildman–Crippen MR) is 88.8 cm³/mol. The van der Waals surface area contributed by atoms with E-state index < -0.39 is 66.8 Å². The van der Waals surface area contributed by atoms with Crippen LogP contribution in [0.4, 0.5) is 0 Å². The third kappa shape index (κ3) is 7.51. The predicted octanol–water partition coefficient (Wildman–Crippen LogP) is -0.0232. The second-order valence-electron chi connectivity index (χ2n) is 6.16. The monoisotopic (exact) mass is 404 g/mol. The van der Waals surface area contributed by atoms with Gasteiger partial charge in [0.05, 0.1) is 13.0 Å². The van der Waals surface area contributed by atoms with Gasteiger partial charge in [-0.3, -0.25) is 24.0 Å². The lowest BCUT2D eigenvalue weighted by Crippen LogP contribution is -2.61. The van der Waals surface area contributed by atoms with E-state index in [-0.39, 0.29) is 13.0 Å². The smallest absolute Gasteiger partial charge is 0.306 e. The van der Waals surface area contributed by atoms with Gasteiger partial charge in [0, 0.05) is 34.1 Å². The van der Waals surface area contributed by atoms with Crippen molar-refractivity contribution >= 4 is 29.8 Å². The zero-order chi connectivity index (χ0) is 21.4. The summed E-state index contributed by atoms with van der Waals surface area (Å²) in [5, 5.41) is 9.15. The topological polar surface area (TPSA) is 152 Å². The summed E-state index contributed by atoms with van der Waals surface area (Å²) >= 11 is 0. The molecule has 0 radical (unpaired) electrons. The molecule has 0 aromatic rings. The lowest BCUT2D eigenvalue weighted by Gasteiger charge is -2.44. The average Bonchev–Trinajstić information content (AvgIpc) is 2.51. The van der Waals surface area contributed by atoms with E-state index in [2.05, 4.69) is 0 Å². The van der Waals surface area contributed by atoms with Gasteiger partial charge in [-0.25, -0.2) is 0 Å². The minimum absolute atomic E-state index is 0.0260. The van der Waals surface area contributed by atoms with E-state index in [1.807, 2.05) is 0 Å². The van der Waals surface area contributed by atoms with Crippen molar-refractivity contribution in [2.24, 2.45) is 0 Å². The zero-order valence-corrected chi connectivity index (χ0v) is 16.0. The molecule has 1 saturated heterocycles. The van der Waals surface area contributed by atoms with E-state index in [1.165, 1.54) is 6.92 Å². The number of hydrogen-bond acceptors (Lipinski definition) is 10. The first kappa shape index (κ1) is 23.3. The largest absolute Gasteiger partial charge is 0.481 e. The minimum Gasteiger partial charge on any atom is -0.481 e. The Morgan fingerprint density at radius 2 is 1.21 bits per heavy atom. The van der Waals surface area contributed by atoms with Crippen LogP contribution in [-0.4, -0.2) is 72.1 Å². The van der Waals surface area contributed by atoms with Crippen molar-refractivity contribution in [1.29, 1.82) is 0 Å². The highest BCUT2D eigenvalue weighted by molar-refractivity contribution is 5.70. The quantitative estimate of drug-likeness (QED) is 0.429. The van der Waals surface area contributed by atoms with E-state index in [4.69, 9.17) is 28.8 Å². The van der Waals surface area contributed by atoms with Gasteiger partial charge in [-0.1, -0.05) is 0 Å². The van der Waals surface area contributed by atoms with E-state index in [0.29, 0.717) is 0 Å². The Balaban J connectivity index is 3.24. The van der Waals surface area contributed by atoms with Crippen molar-refractivity contribution in [2.45, 2.75) is 71.1 Å². The van der Waals surface area contributed by atoms with Crippen LogP contribution in [0.25, 0.3) is 0 Å². The van der Waals surface area contributed by atoms with Crippen LogP contribution >= 0.6 is 0 Å². The molecule has 0 aliphatic carbocycles. The highest BCUT2D eigenvalue weighted by Gasteiger charge is 2.51. The van der Waals surface area contributed by atoms with Crippen LogP contribution in [0.3, 0.4) is 0 Å². The molecule has 1 aliphatic heterocycles. The van der Waals surface area contributed by atoms with Gasteiger partial charge in [-0.2, -0.15) is 0 Å². The van der Waals surface area contributed by atoms with E-state index in [0.717, 1.165) is 20.8 Å². The Labute approximate surface area is 161 Å². The van der Waals surface area contributed by atoms with Gasteiger partial charge in [-0.05, 0) is 0 Å². The summed E-state index contributed by atoms with van der Waals surface area (Å²) in [6.45, 7) is 4.42. The summed E-state index contributed by atoms with van der Waals surface area (Å²) in [5.41, 5.74) is 0. The van der Waals surface area contributed by atoms with E-state index in [9.17, 15) is 24.0 Å². The number of carboxylic acids is 1. The number of carbonyl (C=O) groups is 5. The molecule has 1 fully saturated rings. The molecule has 28 heavy (non-hydrogen) atoms. The van der Waals surface area contributed by atoms with Crippen molar-refractivity contribution in [3.8, 4) is 0 Å². The Morgan fingerprint density at radius 1 is 0.750 bits per heavy atom. The van der Waals surface area contributed by atoms with Crippen LogP contribution in [0.5, 0.6) is 0 Å². The molecular formula is C17H24O11. The molecule has 0 saturated carbocycles. The fourth-order valence-corrected chi connectivity index (χ4v) is 2.87. The van der Waals surface area contributed by atoms with Gasteiger partial charge >= 0.3 is 29.8 Å². The number of aliphatic carboxylic acids is 1. The fraction of sp³-hybridized carbons (Fsp3) is 0.706. The third-order valence-electron chi connectivity index (χ3n) is 3.72. The van der Waals surface area contributed by atoms with Gasteiger partial charge in [0.15, 0.2) is 18.3 Å². The Kier molecular flexibility index (Phi) is 8.83. The lowest BCUT2D eigenvalue weighted by atomic mass is 9.91. The SMILES string of the molecule is CC(=O)OCC[C@H]1O[C@H](CC(=O)O)[C@@H](OC(C)=O)[C@@H](OC(C)=O)[C@@H]1OC(C)=O. The van der Waals surface area contributed by atoms with Crippen molar-refractivity contribution in [3.05, 3.63) is 0 Å². The van der Waals surface area contributed by atoms with Gasteiger partial charge in [0.2, 0.25) is 0 Å². The molecule has 0 aromatic heterocycles. The maximum atomic E-state index is 11.6. The molecular weight excluding hydrogens is 380 g/mol. The average molecular weight is 404 g/mol. The lowest BCUT2D eigenvalue weighted by molar-refractivity contribution is -0.249. The first-order valence-corrected chi connectivity index (χ1v) is 8.53. The normalized spacial score (nSPS) is 26.6. The number of hydrogen-bond donors (Lipinski definition) is 1. The summed E-state index contributed by atoms with van der Waals surface area (Å²) < 4.78 is 26.1. The molecule has 0 unspecified atom stereocenters. The van der Waals surface area contributed by atoms with Crippen molar-refractivity contribution < 1.29 is 52.8 Å². The molecule has 0 bridgehead atoms. The van der Waals surface area contributed by atoms with Crippen LogP contribution in [0.15, 0.2) is 0 Å². The van der Waals surface area contributed by atoms with Gasteiger partial charge in [-0.15, -0.1) is 0 Å². The molecule has 0 amide bonds. The molecule has 158 valence electrons. The number of carbonyl (C=O) groups excluding carboxylic acids is 4. The number of ether oxygens (including phenoxy) is 5. The molecule has 1 N–H and O–H groups in total. The van der Waals surface area contributed by atoms with Gasteiger partial charge < -0.3 is 28.8 Å². The molecule has 1 rings (SSSR count). The summed E-state index contributed by atoms with van der Waals surface area (Å²) in [6, 6.07) is 0. The van der Waals surface area contributed by atoms with Crippen molar-refractivity contribution in [3.63, 3.8) is 0 Å². The molecule has 5 atom stereocenters. The zero-order valence-electron chi connectivity index (χ0n) is 16.0. The minimum atomic E-state index is -1.31. The molecule has 0 spiro atoms. The van der Waals surface area contributed by atoms with Crippen LogP contribution < -0.4 is 0 Å². The molecule has 11 heteroatoms. The van der Waals surface area contributed by atoms with Crippen LogP contribution in [0.2, 0.25) is 0 Å². The second kappa shape index (κ2) is 10.6. The van der Waals surface area contributed by atoms with E-state index >= 15 is 0 Å². The van der Waals surface area contributed by atoms with Crippen LogP contribution in [0, 0.1) is 0 Å². The summed E-state index contributed by atoms with van der Waals surface area (Å²) in [7, 11) is 0. The number of esters is 4. The Hall–Kier alpha value is -2.69. The Bertz CT molecular complexity index is 614. The second-order valence-corrected chi connectivity index (χ2v) is 6.16. The number of carboxylic acid groups (broad SMARTS) is 1. The molecule has 1 aliphatic rings. The highest BCUT2D eigenvalue weighted by Crippen LogP contribution is 2.31.